The van der Waals surface area contributed by atoms with E-state index in [2.05, 4.69) is 20.8 Å². The summed E-state index contributed by atoms with van der Waals surface area (Å²) in [6, 6.07) is 7.66. The molecule has 158 valence electrons. The lowest BCUT2D eigenvalue weighted by Gasteiger charge is -2.10. The molecule has 2 N–H and O–H groups in total. The van der Waals surface area contributed by atoms with Crippen molar-refractivity contribution in [2.24, 2.45) is 10.1 Å². The Bertz CT molecular complexity index is 1320. The van der Waals surface area contributed by atoms with E-state index < -0.39 is 11.9 Å². The van der Waals surface area contributed by atoms with Gasteiger partial charge in [-0.2, -0.15) is 5.10 Å². The zero-order valence-corrected chi connectivity index (χ0v) is 16.7. The normalized spacial score (nSPS) is 13.3. The van der Waals surface area contributed by atoms with E-state index in [1.54, 1.807) is 24.4 Å². The number of hydrazone groups is 1. The van der Waals surface area contributed by atoms with Gasteiger partial charge in [0.25, 0.3) is 0 Å². The number of hydrogen-bond acceptors (Lipinski definition) is 10. The van der Waals surface area contributed by atoms with Crippen molar-refractivity contribution in [1.82, 2.24) is 10.7 Å². The highest BCUT2D eigenvalue weighted by atomic mass is 16.5. The molecule has 0 saturated heterocycles. The fraction of sp³-hybridized carbons (Fsp3) is 0.190. The highest BCUT2D eigenvalue weighted by Crippen LogP contribution is 2.32. The van der Waals surface area contributed by atoms with Gasteiger partial charge in [0.15, 0.2) is 0 Å². The summed E-state index contributed by atoms with van der Waals surface area (Å²) in [6.45, 7) is 3.89. The van der Waals surface area contributed by atoms with E-state index in [1.807, 2.05) is 0 Å². The zero-order valence-electron chi connectivity index (χ0n) is 16.7. The maximum atomic E-state index is 13.1. The van der Waals surface area contributed by atoms with Crippen LogP contribution in [0.4, 0.5) is 0 Å². The van der Waals surface area contributed by atoms with E-state index in [9.17, 15) is 14.4 Å². The first-order valence-electron chi connectivity index (χ1n) is 9.39. The molecule has 2 heterocycles. The number of fused-ring (bicyclic) bond motifs is 2. The van der Waals surface area contributed by atoms with Crippen molar-refractivity contribution in [2.75, 3.05) is 13.1 Å². The van der Waals surface area contributed by atoms with Gasteiger partial charge >= 0.3 is 11.9 Å². The molecule has 3 aromatic rings. The Morgan fingerprint density at radius 3 is 2.68 bits per heavy atom. The fourth-order valence-electron chi connectivity index (χ4n) is 3.12. The summed E-state index contributed by atoms with van der Waals surface area (Å²) >= 11 is 0. The van der Waals surface area contributed by atoms with E-state index in [1.165, 1.54) is 26.0 Å². The molecular formula is C21H18N4O6. The number of aliphatic imine (C=N–C) groups is 1. The average Bonchev–Trinajstić information content (AvgIpc) is 3.20. The molecule has 0 unspecified atom stereocenters. The SMILES string of the molecule is CC(=O)Oc1cc(OC(C)=O)c2c(=O)c3ccc(/C=N/NC4=NCCN4)cc3oc2c1. The standard InChI is InChI=1S/C21H18N4O6/c1-11(26)29-14-8-17(30-12(2)27)19-18(9-14)31-16-7-13(3-4-15(16)20(19)28)10-24-25-21-22-5-6-23-21/h3-4,7-10H,5-6H2,1-2H3,(H2,22,23,25)/b24-10+. The predicted molar refractivity (Wildman–Crippen MR) is 114 cm³/mol. The second kappa shape index (κ2) is 8.27. The summed E-state index contributed by atoms with van der Waals surface area (Å²) in [5.41, 5.74) is 3.50. The molecule has 10 nitrogen and oxygen atoms in total. The molecule has 0 fully saturated rings. The lowest BCUT2D eigenvalue weighted by atomic mass is 10.1. The number of rotatable bonds is 4. The topological polar surface area (TPSA) is 132 Å². The Morgan fingerprint density at radius 1 is 1.16 bits per heavy atom. The summed E-state index contributed by atoms with van der Waals surface area (Å²) in [6.07, 6.45) is 1.56. The number of benzene rings is 2. The van der Waals surface area contributed by atoms with Crippen LogP contribution in [0.25, 0.3) is 21.9 Å². The number of hydrogen-bond donors (Lipinski definition) is 2. The summed E-state index contributed by atoms with van der Waals surface area (Å²) in [4.78, 5) is 40.1. The minimum atomic E-state index is -0.624. The van der Waals surface area contributed by atoms with Crippen LogP contribution in [0.15, 0.2) is 49.6 Å². The number of ether oxygens (including phenoxy) is 2. The van der Waals surface area contributed by atoms with E-state index in [-0.39, 0.29) is 27.9 Å². The van der Waals surface area contributed by atoms with Crippen molar-refractivity contribution in [2.45, 2.75) is 13.8 Å². The van der Waals surface area contributed by atoms with Gasteiger partial charge in [0.2, 0.25) is 11.4 Å². The predicted octanol–water partition coefficient (Wildman–Crippen LogP) is 1.68. The Hall–Kier alpha value is -4.21. The molecule has 0 aliphatic carbocycles. The summed E-state index contributed by atoms with van der Waals surface area (Å²) in [7, 11) is 0. The van der Waals surface area contributed by atoms with Crippen LogP contribution in [0.1, 0.15) is 19.4 Å². The molecule has 0 spiro atoms. The molecule has 2 aromatic carbocycles. The average molecular weight is 422 g/mol. The molecular weight excluding hydrogens is 404 g/mol. The first-order valence-corrected chi connectivity index (χ1v) is 9.39. The van der Waals surface area contributed by atoms with E-state index in [0.29, 0.717) is 29.0 Å². The smallest absolute Gasteiger partial charge is 0.308 e. The van der Waals surface area contributed by atoms with Crippen molar-refractivity contribution in [3.63, 3.8) is 0 Å². The number of nitrogens with zero attached hydrogens (tertiary/aromatic N) is 2. The number of esters is 2. The quantitative estimate of drug-likeness (QED) is 0.213. The number of carbonyl (C=O) groups excluding carboxylic acids is 2. The van der Waals surface area contributed by atoms with E-state index in [0.717, 1.165) is 6.54 Å². The Kier molecular flexibility index (Phi) is 5.35. The number of guanidine groups is 1. The van der Waals surface area contributed by atoms with Gasteiger partial charge in [-0.05, 0) is 17.7 Å². The van der Waals surface area contributed by atoms with Crippen LogP contribution in [0.3, 0.4) is 0 Å². The third kappa shape index (κ3) is 4.37. The van der Waals surface area contributed by atoms with Gasteiger partial charge in [-0.3, -0.25) is 14.4 Å². The van der Waals surface area contributed by atoms with Crippen LogP contribution in [-0.2, 0) is 9.59 Å². The highest BCUT2D eigenvalue weighted by Gasteiger charge is 2.17. The van der Waals surface area contributed by atoms with Gasteiger partial charge in [-0.1, -0.05) is 6.07 Å². The van der Waals surface area contributed by atoms with Crippen LogP contribution in [0.5, 0.6) is 11.5 Å². The van der Waals surface area contributed by atoms with Crippen molar-refractivity contribution in [3.8, 4) is 11.5 Å². The highest BCUT2D eigenvalue weighted by molar-refractivity contribution is 5.97. The van der Waals surface area contributed by atoms with Gasteiger partial charge in [-0.25, -0.2) is 10.4 Å². The first kappa shape index (κ1) is 20.1. The third-order valence-electron chi connectivity index (χ3n) is 4.31. The first-order chi connectivity index (χ1) is 14.9. The Labute approximate surface area is 175 Å². The maximum Gasteiger partial charge on any atom is 0.308 e. The number of carbonyl (C=O) groups is 2. The third-order valence-corrected chi connectivity index (χ3v) is 4.31. The fourth-order valence-corrected chi connectivity index (χ4v) is 3.12. The number of nitrogens with one attached hydrogen (secondary N) is 2. The Balaban J connectivity index is 1.79. The minimum absolute atomic E-state index is 0.0448. The van der Waals surface area contributed by atoms with Crippen molar-refractivity contribution < 1.29 is 23.5 Å². The van der Waals surface area contributed by atoms with Crippen LogP contribution in [0.2, 0.25) is 0 Å². The van der Waals surface area contributed by atoms with Crippen LogP contribution in [0, 0.1) is 0 Å². The molecule has 4 rings (SSSR count). The van der Waals surface area contributed by atoms with Crippen LogP contribution >= 0.6 is 0 Å². The van der Waals surface area contributed by atoms with Crippen molar-refractivity contribution in [3.05, 3.63) is 46.1 Å². The molecule has 1 aliphatic rings. The van der Waals surface area contributed by atoms with Gasteiger partial charge in [0, 0.05) is 32.5 Å². The van der Waals surface area contributed by atoms with E-state index >= 15 is 0 Å². The second-order valence-electron chi connectivity index (χ2n) is 6.70. The van der Waals surface area contributed by atoms with Gasteiger partial charge in [-0.15, -0.1) is 0 Å². The molecule has 10 heteroatoms. The lowest BCUT2D eigenvalue weighted by Crippen LogP contribution is -2.30. The molecule has 0 radical (unpaired) electrons. The second-order valence-corrected chi connectivity index (χ2v) is 6.70. The van der Waals surface area contributed by atoms with E-state index in [4.69, 9.17) is 13.9 Å². The molecule has 1 aromatic heterocycles. The summed E-state index contributed by atoms with van der Waals surface area (Å²) in [5.74, 6) is -0.558. The van der Waals surface area contributed by atoms with Crippen LogP contribution < -0.4 is 25.6 Å². The largest absolute Gasteiger partial charge is 0.456 e. The minimum Gasteiger partial charge on any atom is -0.456 e. The molecule has 0 saturated carbocycles. The summed E-state index contributed by atoms with van der Waals surface area (Å²) < 4.78 is 16.1. The maximum absolute atomic E-state index is 13.1. The molecule has 31 heavy (non-hydrogen) atoms. The van der Waals surface area contributed by atoms with Gasteiger partial charge in [0.05, 0.1) is 18.1 Å². The molecule has 1 aliphatic heterocycles. The zero-order chi connectivity index (χ0) is 22.0. The molecule has 0 amide bonds. The van der Waals surface area contributed by atoms with Crippen molar-refractivity contribution in [1.29, 1.82) is 0 Å². The van der Waals surface area contributed by atoms with Crippen molar-refractivity contribution >= 4 is 46.1 Å². The van der Waals surface area contributed by atoms with Crippen LogP contribution in [-0.4, -0.2) is 37.2 Å². The van der Waals surface area contributed by atoms with Gasteiger partial charge < -0.3 is 19.2 Å². The molecule has 0 atom stereocenters. The molecule has 0 bridgehead atoms. The summed E-state index contributed by atoms with van der Waals surface area (Å²) in [5, 5.41) is 7.51. The monoisotopic (exact) mass is 422 g/mol. The Morgan fingerprint density at radius 2 is 1.97 bits per heavy atom. The van der Waals surface area contributed by atoms with Gasteiger partial charge in [0.1, 0.15) is 28.1 Å². The lowest BCUT2D eigenvalue weighted by molar-refractivity contribution is -0.132.